The summed E-state index contributed by atoms with van der Waals surface area (Å²) in [6, 6.07) is 0. The smallest absolute Gasteiger partial charge is 1.00 e. The third-order valence-electron chi connectivity index (χ3n) is 0. The van der Waals surface area contributed by atoms with Crippen LogP contribution >= 0.6 is 0 Å². The predicted octanol–water partition coefficient (Wildman–Crippen LogP) is -7.69. The number of halogens is 5. The predicted molar refractivity (Wildman–Crippen MR) is 10.2 cm³/mol. The Bertz CT molecular complexity index is 31.5. The van der Waals surface area contributed by atoms with Crippen molar-refractivity contribution in [3.8, 4) is 0 Å². The summed E-state index contributed by atoms with van der Waals surface area (Å²) in [5.74, 6) is 0. The third kappa shape index (κ3) is 48.9. The number of rotatable bonds is 0. The summed E-state index contributed by atoms with van der Waals surface area (Å²) in [4.78, 5) is 0. The van der Waals surface area contributed by atoms with Crippen LogP contribution in [0.25, 0.3) is 0 Å². The molecule has 0 saturated heterocycles. The van der Waals surface area contributed by atoms with E-state index in [0.29, 0.717) is 0 Å². The Morgan fingerprint density at radius 2 is 0.875 bits per heavy atom. The number of hydrogen-bond acceptors (Lipinski definition) is 0. The van der Waals surface area contributed by atoms with Crippen LogP contribution in [0.1, 0.15) is 0 Å². The van der Waals surface area contributed by atoms with Gasteiger partial charge in [0.05, 0.1) is 0 Å². The molecule has 40 valence electrons. The van der Waals surface area contributed by atoms with Gasteiger partial charge in [-0.05, 0) is 0 Å². The first-order valence-electron chi connectivity index (χ1n) is 0.873. The first-order chi connectivity index (χ1) is 2.00. The van der Waals surface area contributed by atoms with Gasteiger partial charge in [0.15, 0.2) is 0 Å². The van der Waals surface area contributed by atoms with Crippen LogP contribution in [0.4, 0.5) is 17.3 Å². The minimum absolute atomic E-state index is 0. The molecule has 0 bridgehead atoms. The molecule has 0 aromatic rings. The molecular weight excluding hydrogens is 386 g/mol. The summed E-state index contributed by atoms with van der Waals surface area (Å²) >= 11 is 0. The fraction of sp³-hybridized carbons (Fsp3) is 0. The van der Waals surface area contributed by atoms with Crippen molar-refractivity contribution in [3.63, 3.8) is 0 Å². The zero-order valence-corrected chi connectivity index (χ0v) is 16.0. The van der Waals surface area contributed by atoms with Gasteiger partial charge < -0.3 is 41.2 Å². The van der Waals surface area contributed by atoms with Crippen LogP contribution < -0.4 is 144 Å². The largest absolute Gasteiger partial charge is 1.00 e. The molecule has 0 aromatic heterocycles. The quantitative estimate of drug-likeness (QED) is 0.221. The molecule has 0 saturated carbocycles. The van der Waals surface area contributed by atoms with E-state index in [1.807, 2.05) is 0 Å². The van der Waals surface area contributed by atoms with Crippen molar-refractivity contribution in [1.29, 1.82) is 0 Å². The first-order valence-corrected chi connectivity index (χ1v) is 0.873. The Hall–Kier alpha value is 4.20. The standard InChI is InChI=1S/BF4.Cs.HI.K/c2-1(3,4)5;;;/h;;1H;/q-1;+1;;+1/p-1. The van der Waals surface area contributed by atoms with Gasteiger partial charge in [0, 0.05) is 0 Å². The van der Waals surface area contributed by atoms with Gasteiger partial charge >= 0.3 is 128 Å². The maximum atomic E-state index is 9.75. The van der Waals surface area contributed by atoms with E-state index >= 15 is 0 Å². The molecule has 0 aromatic carbocycles. The van der Waals surface area contributed by atoms with Gasteiger partial charge in [-0.25, -0.2) is 0 Å². The van der Waals surface area contributed by atoms with E-state index in [2.05, 4.69) is 0 Å². The molecule has 0 rings (SSSR count). The van der Waals surface area contributed by atoms with Crippen LogP contribution in [-0.4, -0.2) is 7.25 Å². The minimum atomic E-state index is -6.00. The Labute approximate surface area is 163 Å². The maximum absolute atomic E-state index is 9.75. The Balaban J connectivity index is -0.0000000267. The SMILES string of the molecule is F[B-](F)(F)F.[Cs+].[I-].[K+]. The second kappa shape index (κ2) is 11.2. The molecule has 8 heteroatoms. The van der Waals surface area contributed by atoms with Crippen LogP contribution in [0.15, 0.2) is 0 Å². The van der Waals surface area contributed by atoms with Gasteiger partial charge in [-0.15, -0.1) is 0 Å². The van der Waals surface area contributed by atoms with Gasteiger partial charge in [-0.3, -0.25) is 0 Å². The van der Waals surface area contributed by atoms with Gasteiger partial charge in [0.1, 0.15) is 0 Å². The Kier molecular flexibility index (Phi) is 31.9. The molecule has 0 radical (unpaired) electrons. The molecule has 0 nitrogen and oxygen atoms in total. The zero-order chi connectivity index (χ0) is 4.50. The van der Waals surface area contributed by atoms with E-state index in [9.17, 15) is 17.3 Å². The number of hydrogen-bond donors (Lipinski definition) is 0. The van der Waals surface area contributed by atoms with Crippen LogP contribution in [0.5, 0.6) is 0 Å². The van der Waals surface area contributed by atoms with Crippen LogP contribution in [0.2, 0.25) is 0 Å². The van der Waals surface area contributed by atoms with Crippen molar-refractivity contribution >= 4 is 7.25 Å². The zero-order valence-electron chi connectivity index (χ0n) is 4.47. The molecule has 0 aliphatic carbocycles. The second-order valence-electron chi connectivity index (χ2n) is 0.495. The average Bonchev–Trinajstić information content (AvgIpc) is 0.722. The summed E-state index contributed by atoms with van der Waals surface area (Å²) in [5.41, 5.74) is 0. The summed E-state index contributed by atoms with van der Waals surface area (Å²) in [6.45, 7) is 0. The Morgan fingerprint density at radius 3 is 0.875 bits per heavy atom. The fourth-order valence-corrected chi connectivity index (χ4v) is 0. The molecule has 0 spiro atoms. The van der Waals surface area contributed by atoms with Gasteiger partial charge in [0.2, 0.25) is 0 Å². The van der Waals surface area contributed by atoms with Crippen LogP contribution in [0.3, 0.4) is 0 Å². The maximum Gasteiger partial charge on any atom is 1.00 e. The first kappa shape index (κ1) is 22.8. The molecule has 0 aliphatic heterocycles. The van der Waals surface area contributed by atoms with Gasteiger partial charge in [-0.1, -0.05) is 0 Å². The van der Waals surface area contributed by atoms with Crippen molar-refractivity contribution in [2.45, 2.75) is 0 Å². The van der Waals surface area contributed by atoms with E-state index in [0.717, 1.165) is 0 Å². The van der Waals surface area contributed by atoms with E-state index in [1.165, 1.54) is 0 Å². The van der Waals surface area contributed by atoms with Crippen molar-refractivity contribution in [2.24, 2.45) is 0 Å². The Morgan fingerprint density at radius 1 is 0.875 bits per heavy atom. The monoisotopic (exact) mass is 386 g/mol. The molecule has 0 heterocycles. The molecule has 0 aliphatic rings. The van der Waals surface area contributed by atoms with Crippen molar-refractivity contribution in [3.05, 3.63) is 0 Å². The average molecular weight is 386 g/mol. The topological polar surface area (TPSA) is 0 Å². The molecule has 0 fully saturated rings. The van der Waals surface area contributed by atoms with Crippen molar-refractivity contribution < 1.29 is 162 Å². The van der Waals surface area contributed by atoms with Gasteiger partial charge in [0.25, 0.3) is 0 Å². The summed E-state index contributed by atoms with van der Waals surface area (Å²) in [7, 11) is -6.00. The van der Waals surface area contributed by atoms with Crippen LogP contribution in [-0.2, 0) is 0 Å². The molecule has 0 N–H and O–H groups in total. The minimum Gasteiger partial charge on any atom is -1.00 e. The van der Waals surface area contributed by atoms with E-state index in [4.69, 9.17) is 0 Å². The molecule has 0 unspecified atom stereocenters. The van der Waals surface area contributed by atoms with Gasteiger partial charge in [-0.2, -0.15) is 0 Å². The molecule has 8 heavy (non-hydrogen) atoms. The molecule has 0 atom stereocenters. The van der Waals surface area contributed by atoms with Crippen LogP contribution in [0, 0.1) is 0 Å². The summed E-state index contributed by atoms with van der Waals surface area (Å²) in [6.07, 6.45) is 0. The van der Waals surface area contributed by atoms with E-state index < -0.39 is 7.25 Å². The third-order valence-corrected chi connectivity index (χ3v) is 0. The summed E-state index contributed by atoms with van der Waals surface area (Å²) in [5, 5.41) is 0. The van der Waals surface area contributed by atoms with Crippen molar-refractivity contribution in [2.75, 3.05) is 0 Å². The fourth-order valence-electron chi connectivity index (χ4n) is 0. The second-order valence-corrected chi connectivity index (χ2v) is 0.495. The summed E-state index contributed by atoms with van der Waals surface area (Å²) < 4.78 is 39.0. The van der Waals surface area contributed by atoms with E-state index in [1.54, 1.807) is 0 Å². The van der Waals surface area contributed by atoms with E-state index in [-0.39, 0.29) is 144 Å². The van der Waals surface area contributed by atoms with Crippen molar-refractivity contribution in [1.82, 2.24) is 0 Å². The molecule has 0 amide bonds. The normalized spacial score (nSPS) is 7.50. The molecular formula is BCsF4IK.